The molecule has 0 spiro atoms. The molecule has 0 radical (unpaired) electrons. The minimum atomic E-state index is -0.365. The predicted molar refractivity (Wildman–Crippen MR) is 134 cm³/mol. The zero-order chi connectivity index (χ0) is 23.9. The number of anilines is 2. The minimum absolute atomic E-state index is 0.292. The summed E-state index contributed by atoms with van der Waals surface area (Å²) < 4.78 is 5.28. The largest absolute Gasteiger partial charge is 0.497 e. The van der Waals surface area contributed by atoms with Crippen LogP contribution in [0.5, 0.6) is 5.75 Å². The van der Waals surface area contributed by atoms with E-state index in [1.54, 1.807) is 12.6 Å². The molecular formula is C25H32N6O3. The highest BCUT2D eigenvalue weighted by Gasteiger charge is 2.19. The van der Waals surface area contributed by atoms with Gasteiger partial charge in [-0.15, -0.1) is 0 Å². The maximum Gasteiger partial charge on any atom is 0.243 e. The lowest BCUT2D eigenvalue weighted by Gasteiger charge is -2.32. The number of fused-ring (bicyclic) bond motifs is 1. The highest BCUT2D eigenvalue weighted by Crippen LogP contribution is 2.30. The molecule has 3 N–H and O–H groups in total. The summed E-state index contributed by atoms with van der Waals surface area (Å²) in [5, 5.41) is 13.0. The smallest absolute Gasteiger partial charge is 0.243 e. The third-order valence-corrected chi connectivity index (χ3v) is 6.14. The molecule has 1 aliphatic rings. The van der Waals surface area contributed by atoms with Gasteiger partial charge in [0.25, 0.3) is 0 Å². The summed E-state index contributed by atoms with van der Waals surface area (Å²) in [5.74, 6) is 1.99. The number of carbonyl (C=O) groups is 1. The van der Waals surface area contributed by atoms with Gasteiger partial charge in [-0.25, -0.2) is 10.5 Å². The van der Waals surface area contributed by atoms with E-state index in [0.29, 0.717) is 19.4 Å². The number of carbonyl (C=O) groups excluding carboxylic acids is 1. The number of nitrogens with zero attached hydrogens (tertiary/aromatic N) is 4. The molecule has 180 valence electrons. The summed E-state index contributed by atoms with van der Waals surface area (Å²) in [6.07, 6.45) is 1.75. The molecule has 0 aliphatic carbocycles. The van der Waals surface area contributed by atoms with Crippen LogP contribution < -0.4 is 20.4 Å². The van der Waals surface area contributed by atoms with E-state index in [2.05, 4.69) is 40.4 Å². The SMILES string of the molecule is COc1ccc(-c2ccc3c(NCCCCC(=O)NO)nc(N4CCN(C)CC4)nc3c2)cc1. The van der Waals surface area contributed by atoms with Crippen LogP contribution in [0.15, 0.2) is 42.5 Å². The topological polar surface area (TPSA) is 103 Å². The molecule has 0 bridgehead atoms. The predicted octanol–water partition coefficient (Wildman–Crippen LogP) is 3.14. The zero-order valence-corrected chi connectivity index (χ0v) is 19.8. The maximum atomic E-state index is 11.2. The average molecular weight is 465 g/mol. The molecule has 4 rings (SSSR count). The molecule has 1 fully saturated rings. The molecule has 0 unspecified atom stereocenters. The second kappa shape index (κ2) is 11.1. The Hall–Kier alpha value is -3.43. The Morgan fingerprint density at radius 1 is 1.03 bits per heavy atom. The number of nitrogens with one attached hydrogen (secondary N) is 2. The second-order valence-corrected chi connectivity index (χ2v) is 8.54. The van der Waals surface area contributed by atoms with E-state index in [1.807, 2.05) is 24.3 Å². The van der Waals surface area contributed by atoms with Crippen LogP contribution in [0.25, 0.3) is 22.0 Å². The van der Waals surface area contributed by atoms with Gasteiger partial charge < -0.3 is 19.9 Å². The first-order valence-corrected chi connectivity index (χ1v) is 11.6. The number of amides is 1. The Morgan fingerprint density at radius 2 is 1.76 bits per heavy atom. The number of likely N-dealkylation sites (N-methyl/N-ethyl adjacent to an activating group) is 1. The highest BCUT2D eigenvalue weighted by molar-refractivity contribution is 5.93. The van der Waals surface area contributed by atoms with Crippen LogP contribution in [-0.2, 0) is 4.79 Å². The van der Waals surface area contributed by atoms with Crippen LogP contribution in [-0.4, -0.2) is 72.9 Å². The molecule has 34 heavy (non-hydrogen) atoms. The normalized spacial score (nSPS) is 14.3. The number of piperazine rings is 1. The van der Waals surface area contributed by atoms with Crippen LogP contribution in [0.4, 0.5) is 11.8 Å². The van der Waals surface area contributed by atoms with Crippen LogP contribution >= 0.6 is 0 Å². The van der Waals surface area contributed by atoms with Crippen LogP contribution in [0, 0.1) is 0 Å². The van der Waals surface area contributed by atoms with Gasteiger partial charge in [-0.1, -0.05) is 18.2 Å². The number of rotatable bonds is 9. The van der Waals surface area contributed by atoms with E-state index in [4.69, 9.17) is 19.9 Å². The number of aromatic nitrogens is 2. The van der Waals surface area contributed by atoms with Gasteiger partial charge in [-0.2, -0.15) is 4.98 Å². The van der Waals surface area contributed by atoms with Crippen LogP contribution in [0.3, 0.4) is 0 Å². The summed E-state index contributed by atoms with van der Waals surface area (Å²) in [7, 11) is 3.79. The van der Waals surface area contributed by atoms with Crippen molar-refractivity contribution in [3.05, 3.63) is 42.5 Å². The van der Waals surface area contributed by atoms with E-state index < -0.39 is 0 Å². The highest BCUT2D eigenvalue weighted by atomic mass is 16.5. The maximum absolute atomic E-state index is 11.2. The van der Waals surface area contributed by atoms with Crippen molar-refractivity contribution in [2.45, 2.75) is 19.3 Å². The van der Waals surface area contributed by atoms with Crippen LogP contribution in [0.1, 0.15) is 19.3 Å². The molecule has 0 atom stereocenters. The number of ether oxygens (including phenoxy) is 1. The van der Waals surface area contributed by atoms with E-state index in [1.165, 1.54) is 0 Å². The molecule has 3 aromatic rings. The van der Waals surface area contributed by atoms with Crippen molar-refractivity contribution in [1.29, 1.82) is 0 Å². The fourth-order valence-electron chi connectivity index (χ4n) is 4.04. The lowest BCUT2D eigenvalue weighted by molar-refractivity contribution is -0.129. The van der Waals surface area contributed by atoms with Gasteiger partial charge in [0.2, 0.25) is 11.9 Å². The number of methoxy groups -OCH3 is 1. The molecule has 2 heterocycles. The molecule has 1 amide bonds. The van der Waals surface area contributed by atoms with Gasteiger partial charge in [0.1, 0.15) is 11.6 Å². The number of benzene rings is 2. The quantitative estimate of drug-likeness (QED) is 0.252. The van der Waals surface area contributed by atoms with Gasteiger partial charge in [-0.3, -0.25) is 10.0 Å². The van der Waals surface area contributed by atoms with Gasteiger partial charge in [0, 0.05) is 44.5 Å². The van der Waals surface area contributed by atoms with Crippen molar-refractivity contribution in [2.75, 3.05) is 57.1 Å². The van der Waals surface area contributed by atoms with Crippen LogP contribution in [0.2, 0.25) is 0 Å². The summed E-state index contributed by atoms with van der Waals surface area (Å²) in [4.78, 5) is 25.6. The monoisotopic (exact) mass is 464 g/mol. The number of hydroxylamine groups is 1. The molecule has 9 heteroatoms. The fourth-order valence-corrected chi connectivity index (χ4v) is 4.04. The summed E-state index contributed by atoms with van der Waals surface area (Å²) in [6.45, 7) is 4.39. The van der Waals surface area contributed by atoms with Gasteiger partial charge in [0.15, 0.2) is 0 Å². The second-order valence-electron chi connectivity index (χ2n) is 8.54. The Morgan fingerprint density at radius 3 is 2.47 bits per heavy atom. The summed E-state index contributed by atoms with van der Waals surface area (Å²) in [5.41, 5.74) is 4.74. The number of hydrogen-bond donors (Lipinski definition) is 3. The number of unbranched alkanes of at least 4 members (excludes halogenated alkanes) is 1. The standard InChI is InChI=1S/C25H32N6O3/c1-30-13-15-31(16-14-30)25-27-22-17-19(18-6-9-20(34-2)10-7-18)8-11-21(22)24(28-25)26-12-4-3-5-23(32)29-33/h6-11,17,33H,3-5,12-16H2,1-2H3,(H,29,32)(H,26,27,28). The Balaban J connectivity index is 1.60. The Kier molecular flexibility index (Phi) is 7.76. The molecule has 0 saturated carbocycles. The van der Waals surface area contributed by atoms with Crippen molar-refractivity contribution in [1.82, 2.24) is 20.3 Å². The van der Waals surface area contributed by atoms with Crippen molar-refractivity contribution in [3.63, 3.8) is 0 Å². The first kappa shape index (κ1) is 23.7. The van der Waals surface area contributed by atoms with Gasteiger partial charge in [-0.05, 0) is 55.3 Å². The third kappa shape index (κ3) is 5.73. The van der Waals surface area contributed by atoms with Gasteiger partial charge >= 0.3 is 0 Å². The molecule has 1 aliphatic heterocycles. The molecule has 1 saturated heterocycles. The molecule has 2 aromatic carbocycles. The van der Waals surface area contributed by atoms with Crippen molar-refractivity contribution in [3.8, 4) is 16.9 Å². The zero-order valence-electron chi connectivity index (χ0n) is 19.8. The first-order chi connectivity index (χ1) is 16.6. The molecular weight excluding hydrogens is 432 g/mol. The summed E-state index contributed by atoms with van der Waals surface area (Å²) in [6, 6.07) is 14.3. The minimum Gasteiger partial charge on any atom is -0.497 e. The van der Waals surface area contributed by atoms with E-state index in [0.717, 1.165) is 72.1 Å². The van der Waals surface area contributed by atoms with Crippen molar-refractivity contribution < 1.29 is 14.7 Å². The lowest BCUT2D eigenvalue weighted by atomic mass is 10.0. The van der Waals surface area contributed by atoms with E-state index in [9.17, 15) is 4.79 Å². The third-order valence-electron chi connectivity index (χ3n) is 6.14. The summed E-state index contributed by atoms with van der Waals surface area (Å²) >= 11 is 0. The van der Waals surface area contributed by atoms with Crippen molar-refractivity contribution >= 4 is 28.6 Å². The van der Waals surface area contributed by atoms with E-state index in [-0.39, 0.29) is 5.91 Å². The fraction of sp³-hybridized carbons (Fsp3) is 0.400. The van der Waals surface area contributed by atoms with Gasteiger partial charge in [0.05, 0.1) is 12.6 Å². The van der Waals surface area contributed by atoms with E-state index >= 15 is 0 Å². The Labute approximate surface area is 199 Å². The van der Waals surface area contributed by atoms with Crippen molar-refractivity contribution in [2.24, 2.45) is 0 Å². The first-order valence-electron chi connectivity index (χ1n) is 11.6. The molecule has 1 aromatic heterocycles. The Bertz CT molecular complexity index is 1110. The average Bonchev–Trinajstić information content (AvgIpc) is 2.88. The number of hydrogen-bond acceptors (Lipinski definition) is 8. The molecule has 9 nitrogen and oxygen atoms in total. The lowest BCUT2D eigenvalue weighted by Crippen LogP contribution is -2.45.